The fourth-order valence-corrected chi connectivity index (χ4v) is 1.41. The van der Waals surface area contributed by atoms with E-state index in [4.69, 9.17) is 11.6 Å². The van der Waals surface area contributed by atoms with Crippen LogP contribution in [0.2, 0.25) is 5.02 Å². The molecule has 1 aromatic carbocycles. The maximum Gasteiger partial charge on any atom is 0.221 e. The lowest BCUT2D eigenvalue weighted by Crippen LogP contribution is -2.24. The third-order valence-corrected chi connectivity index (χ3v) is 2.50. The zero-order valence-electron chi connectivity index (χ0n) is 9.02. The number of amides is 1. The second-order valence-electron chi connectivity index (χ2n) is 3.34. The summed E-state index contributed by atoms with van der Waals surface area (Å²) in [5.41, 5.74) is 0.693. The van der Waals surface area contributed by atoms with E-state index in [9.17, 15) is 9.18 Å². The largest absolute Gasteiger partial charge is 0.359 e. The van der Waals surface area contributed by atoms with Gasteiger partial charge in [0, 0.05) is 31.6 Å². The molecule has 0 heterocycles. The van der Waals surface area contributed by atoms with Gasteiger partial charge in [-0.3, -0.25) is 4.79 Å². The number of carbonyl (C=O) groups excluding carboxylic acids is 1. The van der Waals surface area contributed by atoms with Gasteiger partial charge in [0.05, 0.1) is 0 Å². The van der Waals surface area contributed by atoms with Crippen LogP contribution in [-0.4, -0.2) is 19.5 Å². The van der Waals surface area contributed by atoms with Crippen molar-refractivity contribution >= 4 is 17.5 Å². The summed E-state index contributed by atoms with van der Waals surface area (Å²) in [4.78, 5) is 10.9. The number of hydrogen-bond donors (Lipinski definition) is 2. The summed E-state index contributed by atoms with van der Waals surface area (Å²) in [5.74, 6) is -0.342. The van der Waals surface area contributed by atoms with E-state index in [2.05, 4.69) is 10.6 Å². The molecule has 0 aromatic heterocycles. The van der Waals surface area contributed by atoms with E-state index >= 15 is 0 Å². The molecule has 0 aliphatic heterocycles. The van der Waals surface area contributed by atoms with Crippen molar-refractivity contribution in [3.05, 3.63) is 34.6 Å². The van der Waals surface area contributed by atoms with E-state index in [0.29, 0.717) is 30.1 Å². The number of rotatable bonds is 5. The van der Waals surface area contributed by atoms with Gasteiger partial charge >= 0.3 is 0 Å². The van der Waals surface area contributed by atoms with Crippen LogP contribution in [0.1, 0.15) is 12.0 Å². The van der Waals surface area contributed by atoms with Crippen molar-refractivity contribution < 1.29 is 9.18 Å². The first kappa shape index (κ1) is 12.9. The van der Waals surface area contributed by atoms with Gasteiger partial charge in [-0.15, -0.1) is 0 Å². The quantitative estimate of drug-likeness (QED) is 0.775. The highest BCUT2D eigenvalue weighted by molar-refractivity contribution is 6.31. The normalized spacial score (nSPS) is 10.2. The standard InChI is InChI=1S/C11H14ClFN2O/c1-14-11(16)4-5-15-7-8-6-9(13)2-3-10(8)12/h2-3,6,15H,4-5,7H2,1H3,(H,14,16). The topological polar surface area (TPSA) is 41.1 Å². The Hall–Kier alpha value is -1.13. The van der Waals surface area contributed by atoms with Crippen LogP contribution in [0.4, 0.5) is 4.39 Å². The van der Waals surface area contributed by atoms with Crippen LogP contribution in [0.3, 0.4) is 0 Å². The fraction of sp³-hybridized carbons (Fsp3) is 0.364. The zero-order valence-corrected chi connectivity index (χ0v) is 9.77. The number of halogens is 2. The lowest BCUT2D eigenvalue weighted by atomic mass is 10.2. The molecule has 88 valence electrons. The second kappa shape index (κ2) is 6.45. The lowest BCUT2D eigenvalue weighted by Gasteiger charge is -2.06. The van der Waals surface area contributed by atoms with Crippen molar-refractivity contribution in [2.24, 2.45) is 0 Å². The summed E-state index contributed by atoms with van der Waals surface area (Å²) in [6, 6.07) is 4.22. The van der Waals surface area contributed by atoms with Crippen molar-refractivity contribution in [1.82, 2.24) is 10.6 Å². The van der Waals surface area contributed by atoms with E-state index in [1.54, 1.807) is 7.05 Å². The molecule has 0 aliphatic carbocycles. The van der Waals surface area contributed by atoms with Crippen LogP contribution in [0, 0.1) is 5.82 Å². The second-order valence-corrected chi connectivity index (χ2v) is 3.74. The predicted octanol–water partition coefficient (Wildman–Crippen LogP) is 1.70. The van der Waals surface area contributed by atoms with Crippen molar-refractivity contribution in [3.8, 4) is 0 Å². The summed E-state index contributed by atoms with van der Waals surface area (Å²) < 4.78 is 12.9. The third kappa shape index (κ3) is 4.16. The minimum Gasteiger partial charge on any atom is -0.359 e. The van der Waals surface area contributed by atoms with Gasteiger partial charge < -0.3 is 10.6 Å². The van der Waals surface area contributed by atoms with Crippen LogP contribution >= 0.6 is 11.6 Å². The molecule has 2 N–H and O–H groups in total. The first-order valence-corrected chi connectivity index (χ1v) is 5.36. The van der Waals surface area contributed by atoms with Crippen LogP contribution < -0.4 is 10.6 Å². The Bertz CT molecular complexity index is 371. The van der Waals surface area contributed by atoms with Gasteiger partial charge in [0.25, 0.3) is 0 Å². The Morgan fingerprint density at radius 2 is 2.25 bits per heavy atom. The summed E-state index contributed by atoms with van der Waals surface area (Å²) in [7, 11) is 1.59. The highest BCUT2D eigenvalue weighted by Crippen LogP contribution is 2.16. The van der Waals surface area contributed by atoms with Gasteiger partial charge in [-0.1, -0.05) is 11.6 Å². The highest BCUT2D eigenvalue weighted by atomic mass is 35.5. The summed E-state index contributed by atoms with van der Waals surface area (Å²) >= 11 is 5.88. The van der Waals surface area contributed by atoms with Crippen LogP contribution in [0.15, 0.2) is 18.2 Å². The molecule has 0 radical (unpaired) electrons. The lowest BCUT2D eigenvalue weighted by molar-refractivity contribution is -0.120. The maximum absolute atomic E-state index is 12.9. The van der Waals surface area contributed by atoms with E-state index in [1.165, 1.54) is 18.2 Å². The molecule has 0 unspecified atom stereocenters. The number of hydrogen-bond acceptors (Lipinski definition) is 2. The zero-order chi connectivity index (χ0) is 12.0. The SMILES string of the molecule is CNC(=O)CCNCc1cc(F)ccc1Cl. The van der Waals surface area contributed by atoms with Gasteiger partial charge in [0.1, 0.15) is 5.82 Å². The van der Waals surface area contributed by atoms with Gasteiger partial charge in [-0.2, -0.15) is 0 Å². The van der Waals surface area contributed by atoms with Gasteiger partial charge in [0.15, 0.2) is 0 Å². The average Bonchev–Trinajstić information content (AvgIpc) is 2.28. The third-order valence-electron chi connectivity index (χ3n) is 2.13. The molecule has 0 saturated heterocycles. The molecular weight excluding hydrogens is 231 g/mol. The van der Waals surface area contributed by atoms with E-state index in [-0.39, 0.29) is 11.7 Å². The molecule has 5 heteroatoms. The molecule has 1 aromatic rings. The molecular formula is C11H14ClFN2O. The molecule has 0 atom stereocenters. The molecule has 1 rings (SSSR count). The van der Waals surface area contributed by atoms with Crippen molar-refractivity contribution in [1.29, 1.82) is 0 Å². The fourth-order valence-electron chi connectivity index (χ4n) is 1.23. The molecule has 3 nitrogen and oxygen atoms in total. The Balaban J connectivity index is 2.37. The number of benzene rings is 1. The molecule has 1 amide bonds. The first-order chi connectivity index (χ1) is 7.63. The Labute approximate surface area is 99.0 Å². The number of nitrogens with one attached hydrogen (secondary N) is 2. The number of carbonyl (C=O) groups is 1. The Kier molecular flexibility index (Phi) is 5.22. The van der Waals surface area contributed by atoms with Crippen molar-refractivity contribution in [2.75, 3.05) is 13.6 Å². The summed E-state index contributed by atoms with van der Waals surface area (Å²) in [6.45, 7) is 0.986. The van der Waals surface area contributed by atoms with Gasteiger partial charge in [-0.25, -0.2) is 4.39 Å². The monoisotopic (exact) mass is 244 g/mol. The molecule has 0 spiro atoms. The van der Waals surface area contributed by atoms with Crippen LogP contribution in [0.25, 0.3) is 0 Å². The minimum atomic E-state index is -0.312. The molecule has 0 aliphatic rings. The van der Waals surface area contributed by atoms with Gasteiger partial charge in [-0.05, 0) is 23.8 Å². The van der Waals surface area contributed by atoms with Crippen molar-refractivity contribution in [3.63, 3.8) is 0 Å². The highest BCUT2D eigenvalue weighted by Gasteiger charge is 2.02. The Morgan fingerprint density at radius 3 is 2.94 bits per heavy atom. The van der Waals surface area contributed by atoms with Gasteiger partial charge in [0.2, 0.25) is 5.91 Å². The Morgan fingerprint density at radius 1 is 1.50 bits per heavy atom. The minimum absolute atomic E-state index is 0.0298. The molecule has 0 saturated carbocycles. The molecule has 0 bridgehead atoms. The van der Waals surface area contributed by atoms with Crippen LogP contribution in [0.5, 0.6) is 0 Å². The first-order valence-electron chi connectivity index (χ1n) is 4.98. The molecule has 16 heavy (non-hydrogen) atoms. The van der Waals surface area contributed by atoms with E-state index < -0.39 is 0 Å². The van der Waals surface area contributed by atoms with Crippen molar-refractivity contribution in [2.45, 2.75) is 13.0 Å². The molecule has 0 fully saturated rings. The van der Waals surface area contributed by atoms with E-state index in [0.717, 1.165) is 0 Å². The predicted molar refractivity (Wildman–Crippen MR) is 61.8 cm³/mol. The van der Waals surface area contributed by atoms with E-state index in [1.807, 2.05) is 0 Å². The average molecular weight is 245 g/mol. The smallest absolute Gasteiger partial charge is 0.221 e. The summed E-state index contributed by atoms with van der Waals surface area (Å²) in [5, 5.41) is 6.06. The summed E-state index contributed by atoms with van der Waals surface area (Å²) in [6.07, 6.45) is 0.392. The maximum atomic E-state index is 12.9. The van der Waals surface area contributed by atoms with Crippen LogP contribution in [-0.2, 0) is 11.3 Å².